The van der Waals surface area contributed by atoms with E-state index in [0.29, 0.717) is 0 Å². The van der Waals surface area contributed by atoms with Crippen LogP contribution in [0.15, 0.2) is 30.3 Å². The molecular formula is C11H14O2. The first kappa shape index (κ1) is 8.73. The Hall–Kier alpha value is -0.860. The molecule has 1 fully saturated rings. The van der Waals surface area contributed by atoms with Crippen LogP contribution in [-0.4, -0.2) is 18.3 Å². The average molecular weight is 178 g/mol. The molecule has 70 valence electrons. The molecular weight excluding hydrogens is 164 g/mol. The summed E-state index contributed by atoms with van der Waals surface area (Å²) < 4.78 is 5.58. The van der Waals surface area contributed by atoms with E-state index in [1.165, 1.54) is 5.56 Å². The van der Waals surface area contributed by atoms with E-state index in [-0.39, 0.29) is 18.6 Å². The number of aliphatic hydroxyl groups excluding tert-OH is 1. The lowest BCUT2D eigenvalue weighted by molar-refractivity contribution is 0.0720. The first-order chi connectivity index (χ1) is 6.42. The molecule has 1 heterocycles. The third kappa shape index (κ3) is 1.74. The smallest absolute Gasteiger partial charge is 0.0875 e. The van der Waals surface area contributed by atoms with Crippen molar-refractivity contribution in [2.24, 2.45) is 5.92 Å². The van der Waals surface area contributed by atoms with Crippen molar-refractivity contribution < 1.29 is 9.84 Å². The highest BCUT2D eigenvalue weighted by Crippen LogP contribution is 2.33. The van der Waals surface area contributed by atoms with Crippen molar-refractivity contribution in [3.8, 4) is 0 Å². The second-order valence-electron chi connectivity index (χ2n) is 3.43. The van der Waals surface area contributed by atoms with Crippen molar-refractivity contribution in [3.63, 3.8) is 0 Å². The Morgan fingerprint density at radius 1 is 1.31 bits per heavy atom. The first-order valence-electron chi connectivity index (χ1n) is 4.69. The van der Waals surface area contributed by atoms with Crippen molar-refractivity contribution in [1.82, 2.24) is 0 Å². The van der Waals surface area contributed by atoms with Gasteiger partial charge in [-0.1, -0.05) is 30.3 Å². The minimum atomic E-state index is 0.103. The van der Waals surface area contributed by atoms with Gasteiger partial charge in [-0.3, -0.25) is 0 Å². The molecule has 0 radical (unpaired) electrons. The zero-order valence-corrected chi connectivity index (χ0v) is 7.52. The van der Waals surface area contributed by atoms with Crippen LogP contribution in [0.3, 0.4) is 0 Å². The zero-order chi connectivity index (χ0) is 9.10. The van der Waals surface area contributed by atoms with Gasteiger partial charge in [0.15, 0.2) is 0 Å². The van der Waals surface area contributed by atoms with E-state index in [4.69, 9.17) is 9.84 Å². The fourth-order valence-corrected chi connectivity index (χ4v) is 1.83. The Morgan fingerprint density at radius 3 is 2.77 bits per heavy atom. The van der Waals surface area contributed by atoms with Crippen molar-refractivity contribution in [2.75, 3.05) is 13.2 Å². The van der Waals surface area contributed by atoms with Crippen molar-refractivity contribution >= 4 is 0 Å². The molecule has 0 spiro atoms. The molecule has 1 N–H and O–H groups in total. The minimum absolute atomic E-state index is 0.103. The normalized spacial score (nSPS) is 27.8. The molecule has 2 rings (SSSR count). The van der Waals surface area contributed by atoms with Crippen molar-refractivity contribution in [2.45, 2.75) is 12.5 Å². The van der Waals surface area contributed by atoms with Crippen LogP contribution in [0.1, 0.15) is 18.1 Å². The van der Waals surface area contributed by atoms with Crippen LogP contribution in [0.25, 0.3) is 0 Å². The number of hydrogen-bond donors (Lipinski definition) is 1. The molecule has 1 saturated heterocycles. The average Bonchev–Trinajstić information content (AvgIpc) is 2.67. The fourth-order valence-electron chi connectivity index (χ4n) is 1.83. The summed E-state index contributed by atoms with van der Waals surface area (Å²) in [5.74, 6) is 0.280. The van der Waals surface area contributed by atoms with Gasteiger partial charge in [-0.05, 0) is 12.0 Å². The van der Waals surface area contributed by atoms with Gasteiger partial charge in [0, 0.05) is 19.1 Å². The summed E-state index contributed by atoms with van der Waals surface area (Å²) in [5.41, 5.74) is 1.18. The number of ether oxygens (including phenoxy) is 1. The summed E-state index contributed by atoms with van der Waals surface area (Å²) in [6.07, 6.45) is 1.07. The van der Waals surface area contributed by atoms with Gasteiger partial charge in [0.1, 0.15) is 0 Å². The lowest BCUT2D eigenvalue weighted by Crippen LogP contribution is -2.11. The zero-order valence-electron chi connectivity index (χ0n) is 7.52. The molecule has 0 bridgehead atoms. The Morgan fingerprint density at radius 2 is 2.08 bits per heavy atom. The van der Waals surface area contributed by atoms with Gasteiger partial charge in [-0.2, -0.15) is 0 Å². The van der Waals surface area contributed by atoms with E-state index in [1.54, 1.807) is 0 Å². The predicted octanol–water partition coefficient (Wildman–Crippen LogP) is 1.76. The molecule has 1 aromatic carbocycles. The van der Waals surface area contributed by atoms with Crippen LogP contribution in [0.2, 0.25) is 0 Å². The maximum Gasteiger partial charge on any atom is 0.0875 e. The number of aliphatic hydroxyl groups is 1. The standard InChI is InChI=1S/C11H14O2/c12-8-10-6-7-13-11(10)9-4-2-1-3-5-9/h1-5,10-12H,6-8H2/t10-,11+/m1/s1. The quantitative estimate of drug-likeness (QED) is 0.747. The third-order valence-corrected chi connectivity index (χ3v) is 2.58. The second-order valence-corrected chi connectivity index (χ2v) is 3.43. The van der Waals surface area contributed by atoms with E-state index < -0.39 is 0 Å². The Balaban J connectivity index is 2.16. The largest absolute Gasteiger partial charge is 0.396 e. The summed E-state index contributed by atoms with van der Waals surface area (Å²) in [5, 5.41) is 9.12. The number of rotatable bonds is 2. The second kappa shape index (κ2) is 3.90. The van der Waals surface area contributed by atoms with Crippen LogP contribution >= 0.6 is 0 Å². The maximum atomic E-state index is 9.12. The molecule has 2 heteroatoms. The van der Waals surface area contributed by atoms with Crippen molar-refractivity contribution in [1.29, 1.82) is 0 Å². The third-order valence-electron chi connectivity index (χ3n) is 2.58. The van der Waals surface area contributed by atoms with Gasteiger partial charge >= 0.3 is 0 Å². The molecule has 1 aliphatic heterocycles. The van der Waals surface area contributed by atoms with Gasteiger partial charge in [-0.25, -0.2) is 0 Å². The van der Waals surface area contributed by atoms with Gasteiger partial charge in [-0.15, -0.1) is 0 Å². The number of benzene rings is 1. The summed E-state index contributed by atoms with van der Waals surface area (Å²) in [6.45, 7) is 0.990. The van der Waals surface area contributed by atoms with Gasteiger partial charge in [0.2, 0.25) is 0 Å². The van der Waals surface area contributed by atoms with Gasteiger partial charge in [0.25, 0.3) is 0 Å². The van der Waals surface area contributed by atoms with E-state index in [9.17, 15) is 0 Å². The molecule has 1 aromatic rings. The van der Waals surface area contributed by atoms with Gasteiger partial charge in [0.05, 0.1) is 6.10 Å². The molecule has 0 aromatic heterocycles. The fraction of sp³-hybridized carbons (Fsp3) is 0.455. The molecule has 2 atom stereocenters. The molecule has 1 aliphatic rings. The number of hydrogen-bond acceptors (Lipinski definition) is 2. The Bertz CT molecular complexity index is 258. The maximum absolute atomic E-state index is 9.12. The first-order valence-corrected chi connectivity index (χ1v) is 4.69. The predicted molar refractivity (Wildman–Crippen MR) is 50.3 cm³/mol. The minimum Gasteiger partial charge on any atom is -0.396 e. The summed E-state index contributed by atoms with van der Waals surface area (Å²) in [6, 6.07) is 10.1. The molecule has 0 amide bonds. The topological polar surface area (TPSA) is 29.5 Å². The Labute approximate surface area is 78.2 Å². The van der Waals surface area contributed by atoms with Crippen LogP contribution < -0.4 is 0 Å². The molecule has 13 heavy (non-hydrogen) atoms. The summed E-state index contributed by atoms with van der Waals surface area (Å²) >= 11 is 0. The van der Waals surface area contributed by atoms with Gasteiger partial charge < -0.3 is 9.84 Å². The summed E-state index contributed by atoms with van der Waals surface area (Å²) in [4.78, 5) is 0. The molecule has 0 aliphatic carbocycles. The highest BCUT2D eigenvalue weighted by Gasteiger charge is 2.28. The Kier molecular flexibility index (Phi) is 2.62. The molecule has 0 saturated carbocycles. The highest BCUT2D eigenvalue weighted by atomic mass is 16.5. The van der Waals surface area contributed by atoms with Crippen LogP contribution in [0.4, 0.5) is 0 Å². The lowest BCUT2D eigenvalue weighted by atomic mass is 9.96. The van der Waals surface area contributed by atoms with E-state index in [2.05, 4.69) is 12.1 Å². The molecule has 2 nitrogen and oxygen atoms in total. The molecule has 0 unspecified atom stereocenters. The van der Waals surface area contributed by atoms with E-state index in [0.717, 1.165) is 13.0 Å². The monoisotopic (exact) mass is 178 g/mol. The highest BCUT2D eigenvalue weighted by molar-refractivity contribution is 5.19. The summed E-state index contributed by atoms with van der Waals surface area (Å²) in [7, 11) is 0. The SMILES string of the molecule is OC[C@H]1CCO[C@H]1c1ccccc1. The van der Waals surface area contributed by atoms with Crippen LogP contribution in [0.5, 0.6) is 0 Å². The lowest BCUT2D eigenvalue weighted by Gasteiger charge is -2.16. The van der Waals surface area contributed by atoms with E-state index >= 15 is 0 Å². The van der Waals surface area contributed by atoms with E-state index in [1.807, 2.05) is 18.2 Å². The van der Waals surface area contributed by atoms with Crippen LogP contribution in [-0.2, 0) is 4.74 Å². The van der Waals surface area contributed by atoms with Crippen molar-refractivity contribution in [3.05, 3.63) is 35.9 Å². The van der Waals surface area contributed by atoms with Crippen LogP contribution in [0, 0.1) is 5.92 Å².